The molecule has 0 aliphatic carbocycles. The molecular weight excluding hydrogens is 230 g/mol. The summed E-state index contributed by atoms with van der Waals surface area (Å²) >= 11 is 0. The normalized spacial score (nSPS) is 18.7. The number of carbonyl (C=O) groups is 2. The first kappa shape index (κ1) is 12.5. The van der Waals surface area contributed by atoms with Crippen molar-refractivity contribution in [2.45, 2.75) is 25.8 Å². The van der Waals surface area contributed by atoms with Crippen LogP contribution in [0, 0.1) is 0 Å². The summed E-state index contributed by atoms with van der Waals surface area (Å²) in [6.07, 6.45) is 3.65. The molecule has 5 nitrogen and oxygen atoms in total. The SMILES string of the molecule is CC(=O)NCC(=O)N1CCCC1c1ccccn1. The van der Waals surface area contributed by atoms with Gasteiger partial charge in [-0.15, -0.1) is 0 Å². The largest absolute Gasteiger partial charge is 0.347 e. The summed E-state index contributed by atoms with van der Waals surface area (Å²) < 4.78 is 0. The minimum Gasteiger partial charge on any atom is -0.347 e. The molecule has 18 heavy (non-hydrogen) atoms. The first-order valence-corrected chi connectivity index (χ1v) is 6.13. The molecule has 1 saturated heterocycles. The van der Waals surface area contributed by atoms with E-state index in [2.05, 4.69) is 10.3 Å². The molecule has 0 saturated carbocycles. The van der Waals surface area contributed by atoms with Crippen LogP contribution in [0.2, 0.25) is 0 Å². The molecule has 1 aromatic rings. The molecular formula is C13H17N3O2. The number of nitrogens with one attached hydrogen (secondary N) is 1. The maximum Gasteiger partial charge on any atom is 0.242 e. The van der Waals surface area contributed by atoms with Crippen molar-refractivity contribution in [3.8, 4) is 0 Å². The van der Waals surface area contributed by atoms with E-state index >= 15 is 0 Å². The topological polar surface area (TPSA) is 62.3 Å². The van der Waals surface area contributed by atoms with E-state index in [1.807, 2.05) is 18.2 Å². The predicted octanol–water partition coefficient (Wildman–Crippen LogP) is 0.881. The highest BCUT2D eigenvalue weighted by atomic mass is 16.2. The summed E-state index contributed by atoms with van der Waals surface area (Å²) in [6.45, 7) is 2.21. The van der Waals surface area contributed by atoms with Gasteiger partial charge in [-0.2, -0.15) is 0 Å². The molecule has 96 valence electrons. The number of carbonyl (C=O) groups excluding carboxylic acids is 2. The third-order valence-electron chi connectivity index (χ3n) is 3.09. The van der Waals surface area contributed by atoms with Crippen LogP contribution in [-0.4, -0.2) is 34.8 Å². The number of nitrogens with zero attached hydrogens (tertiary/aromatic N) is 2. The molecule has 5 heteroatoms. The summed E-state index contributed by atoms with van der Waals surface area (Å²) in [7, 11) is 0. The molecule has 0 aromatic carbocycles. The second-order valence-corrected chi connectivity index (χ2v) is 4.41. The van der Waals surface area contributed by atoms with Gasteiger partial charge in [-0.05, 0) is 25.0 Å². The molecule has 2 rings (SSSR count). The van der Waals surface area contributed by atoms with Crippen LogP contribution < -0.4 is 5.32 Å². The zero-order chi connectivity index (χ0) is 13.0. The van der Waals surface area contributed by atoms with E-state index in [0.717, 1.165) is 25.1 Å². The summed E-state index contributed by atoms with van der Waals surface area (Å²) in [6, 6.07) is 5.78. The van der Waals surface area contributed by atoms with Crippen LogP contribution in [0.25, 0.3) is 0 Å². The van der Waals surface area contributed by atoms with Crippen LogP contribution in [0.3, 0.4) is 0 Å². The lowest BCUT2D eigenvalue weighted by molar-refractivity contribution is -0.133. The van der Waals surface area contributed by atoms with Crippen LogP contribution in [0.15, 0.2) is 24.4 Å². The first-order chi connectivity index (χ1) is 8.68. The number of amides is 2. The van der Waals surface area contributed by atoms with Crippen LogP contribution in [-0.2, 0) is 9.59 Å². The van der Waals surface area contributed by atoms with Crippen molar-refractivity contribution in [2.24, 2.45) is 0 Å². The number of pyridine rings is 1. The molecule has 1 atom stereocenters. The van der Waals surface area contributed by atoms with Gasteiger partial charge in [0.25, 0.3) is 0 Å². The average Bonchev–Trinajstić information content (AvgIpc) is 2.86. The third-order valence-corrected chi connectivity index (χ3v) is 3.09. The summed E-state index contributed by atoms with van der Waals surface area (Å²) in [4.78, 5) is 28.9. The minimum absolute atomic E-state index is 0.0432. The highest BCUT2D eigenvalue weighted by Gasteiger charge is 2.30. The molecule has 0 radical (unpaired) electrons. The van der Waals surface area contributed by atoms with E-state index in [9.17, 15) is 9.59 Å². The second-order valence-electron chi connectivity index (χ2n) is 4.41. The summed E-state index contributed by atoms with van der Waals surface area (Å²) in [5.41, 5.74) is 0.922. The van der Waals surface area contributed by atoms with Gasteiger partial charge >= 0.3 is 0 Å². The maximum absolute atomic E-state index is 12.0. The molecule has 1 aliphatic rings. The minimum atomic E-state index is -0.183. The number of hydrogen-bond donors (Lipinski definition) is 1. The van der Waals surface area contributed by atoms with Gasteiger partial charge in [0, 0.05) is 19.7 Å². The van der Waals surface area contributed by atoms with E-state index < -0.39 is 0 Å². The third kappa shape index (κ3) is 2.85. The molecule has 1 N–H and O–H groups in total. The highest BCUT2D eigenvalue weighted by Crippen LogP contribution is 2.30. The van der Waals surface area contributed by atoms with Gasteiger partial charge in [-0.1, -0.05) is 6.07 Å². The Kier molecular flexibility index (Phi) is 3.92. The molecule has 2 heterocycles. The Morgan fingerprint density at radius 2 is 2.33 bits per heavy atom. The Morgan fingerprint density at radius 1 is 1.50 bits per heavy atom. The molecule has 0 spiro atoms. The van der Waals surface area contributed by atoms with Crippen molar-refractivity contribution in [3.63, 3.8) is 0 Å². The van der Waals surface area contributed by atoms with Crippen LogP contribution in [0.1, 0.15) is 31.5 Å². The van der Waals surface area contributed by atoms with Gasteiger partial charge in [0.15, 0.2) is 0 Å². The number of rotatable bonds is 3. The fraction of sp³-hybridized carbons (Fsp3) is 0.462. The quantitative estimate of drug-likeness (QED) is 0.862. The van der Waals surface area contributed by atoms with Gasteiger partial charge in [0.2, 0.25) is 11.8 Å². The van der Waals surface area contributed by atoms with Crippen molar-refractivity contribution in [2.75, 3.05) is 13.1 Å². The Morgan fingerprint density at radius 3 is 3.00 bits per heavy atom. The lowest BCUT2D eigenvalue weighted by Crippen LogP contribution is -2.39. The van der Waals surface area contributed by atoms with E-state index in [1.165, 1.54) is 6.92 Å². The van der Waals surface area contributed by atoms with Crippen LogP contribution >= 0.6 is 0 Å². The van der Waals surface area contributed by atoms with Crippen LogP contribution in [0.5, 0.6) is 0 Å². The van der Waals surface area contributed by atoms with E-state index in [-0.39, 0.29) is 24.4 Å². The predicted molar refractivity (Wildman–Crippen MR) is 66.6 cm³/mol. The first-order valence-electron chi connectivity index (χ1n) is 6.13. The summed E-state index contributed by atoms with van der Waals surface area (Å²) in [5.74, 6) is -0.227. The van der Waals surface area contributed by atoms with E-state index in [0.29, 0.717) is 0 Å². The monoisotopic (exact) mass is 247 g/mol. The van der Waals surface area contributed by atoms with Crippen molar-refractivity contribution in [1.29, 1.82) is 0 Å². The Balaban J connectivity index is 2.03. The van der Waals surface area contributed by atoms with Crippen molar-refractivity contribution in [1.82, 2.24) is 15.2 Å². The number of aromatic nitrogens is 1. The van der Waals surface area contributed by atoms with Gasteiger partial charge in [0.1, 0.15) is 0 Å². The van der Waals surface area contributed by atoms with Crippen molar-refractivity contribution < 1.29 is 9.59 Å². The smallest absolute Gasteiger partial charge is 0.242 e. The number of hydrogen-bond acceptors (Lipinski definition) is 3. The molecule has 1 aromatic heterocycles. The molecule has 1 aliphatic heterocycles. The Labute approximate surface area is 106 Å². The molecule has 2 amide bonds. The average molecular weight is 247 g/mol. The van der Waals surface area contributed by atoms with Gasteiger partial charge < -0.3 is 10.2 Å². The standard InChI is InChI=1S/C13H17N3O2/c1-10(17)15-9-13(18)16-8-4-6-12(16)11-5-2-3-7-14-11/h2-3,5,7,12H,4,6,8-9H2,1H3,(H,15,17). The van der Waals surface area contributed by atoms with E-state index in [4.69, 9.17) is 0 Å². The lowest BCUT2D eigenvalue weighted by atomic mass is 10.1. The van der Waals surface area contributed by atoms with Gasteiger partial charge in [-0.3, -0.25) is 14.6 Å². The zero-order valence-electron chi connectivity index (χ0n) is 10.4. The fourth-order valence-corrected chi connectivity index (χ4v) is 2.25. The van der Waals surface area contributed by atoms with Gasteiger partial charge in [0.05, 0.1) is 18.3 Å². The lowest BCUT2D eigenvalue weighted by Gasteiger charge is -2.24. The molecule has 0 bridgehead atoms. The van der Waals surface area contributed by atoms with Gasteiger partial charge in [-0.25, -0.2) is 0 Å². The fourth-order valence-electron chi connectivity index (χ4n) is 2.25. The second kappa shape index (κ2) is 5.62. The number of likely N-dealkylation sites (tertiary alicyclic amines) is 1. The zero-order valence-corrected chi connectivity index (χ0v) is 10.4. The van der Waals surface area contributed by atoms with Crippen molar-refractivity contribution in [3.05, 3.63) is 30.1 Å². The molecule has 1 fully saturated rings. The summed E-state index contributed by atoms with van der Waals surface area (Å²) in [5, 5.41) is 2.54. The van der Waals surface area contributed by atoms with Crippen molar-refractivity contribution >= 4 is 11.8 Å². The molecule has 1 unspecified atom stereocenters. The Hall–Kier alpha value is -1.91. The van der Waals surface area contributed by atoms with Crippen LogP contribution in [0.4, 0.5) is 0 Å². The Bertz CT molecular complexity index is 433. The maximum atomic E-state index is 12.0. The van der Waals surface area contributed by atoms with E-state index in [1.54, 1.807) is 11.1 Å². The highest BCUT2D eigenvalue weighted by molar-refractivity contribution is 5.84.